The third-order valence-corrected chi connectivity index (χ3v) is 16.3. The molecule has 5 atom stereocenters. The zero-order chi connectivity index (χ0) is 53.2. The molecule has 6 bridgehead atoms. The largest absolute Gasteiger partial charge is 0.378 e. The summed E-state index contributed by atoms with van der Waals surface area (Å²) >= 11 is 1.41. The average Bonchev–Trinajstić information content (AvgIpc) is 4.15. The SMILES string of the molecule is C=C/C(=C(\N=C/C)[C@H](C)OC)c1c2c3cc(ccc3n1CC)-c1csc(n1)C[C@H](NC(=O)[C@H](C(C)C)N1CC[C@@]3(CCN(C(=O)C#CC(C)(C)N(C)C)C3)C1=O)C(=O)N1CCC[C@](C=O)(COCC(C)(C)C2)N1. The Morgan fingerprint density at radius 2 is 1.88 bits per heavy atom. The van der Waals surface area contributed by atoms with Crippen LogP contribution < -0.4 is 10.7 Å². The molecule has 0 unspecified atom stereocenters. The molecule has 394 valence electrons. The molecule has 0 saturated carbocycles. The van der Waals surface area contributed by atoms with Gasteiger partial charge in [-0.3, -0.25) is 34.1 Å². The van der Waals surface area contributed by atoms with Gasteiger partial charge in [0.05, 0.1) is 52.4 Å². The molecule has 16 nitrogen and oxygen atoms in total. The monoisotopic (exact) mass is 1020 g/mol. The van der Waals surface area contributed by atoms with E-state index in [1.807, 2.05) is 72.0 Å². The Morgan fingerprint density at radius 1 is 1.14 bits per heavy atom. The van der Waals surface area contributed by atoms with E-state index in [1.165, 1.54) is 16.3 Å². The van der Waals surface area contributed by atoms with Crippen molar-refractivity contribution in [3.8, 4) is 23.1 Å². The highest BCUT2D eigenvalue weighted by molar-refractivity contribution is 7.10. The van der Waals surface area contributed by atoms with Gasteiger partial charge in [0.2, 0.25) is 11.8 Å². The van der Waals surface area contributed by atoms with Crippen molar-refractivity contribution in [3.05, 3.63) is 58.2 Å². The van der Waals surface area contributed by atoms with Gasteiger partial charge in [-0.1, -0.05) is 52.3 Å². The average molecular weight is 1020 g/mol. The van der Waals surface area contributed by atoms with Crippen LogP contribution in [0.25, 0.3) is 27.7 Å². The second-order valence-corrected chi connectivity index (χ2v) is 23.1. The molecule has 1 spiro atoms. The highest BCUT2D eigenvalue weighted by atomic mass is 32.1. The van der Waals surface area contributed by atoms with Crippen molar-refractivity contribution >= 4 is 63.9 Å². The molecule has 1 aromatic carbocycles. The van der Waals surface area contributed by atoms with Crippen molar-refractivity contribution in [1.82, 2.24) is 40.0 Å². The number of ether oxygens (including phenoxy) is 2. The number of aliphatic imine (C=N–C) groups is 1. The number of hydrogen-bond donors (Lipinski definition) is 2. The smallest absolute Gasteiger partial charge is 0.298 e. The maximum absolute atomic E-state index is 14.9. The van der Waals surface area contributed by atoms with Crippen LogP contribution in [0.5, 0.6) is 0 Å². The van der Waals surface area contributed by atoms with Gasteiger partial charge >= 0.3 is 0 Å². The lowest BCUT2D eigenvalue weighted by atomic mass is 9.84. The molecule has 3 aromatic rings. The number of aromatic nitrogens is 2. The molecule has 3 saturated heterocycles. The van der Waals surface area contributed by atoms with E-state index in [-0.39, 0.29) is 43.4 Å². The summed E-state index contributed by atoms with van der Waals surface area (Å²) < 4.78 is 14.7. The van der Waals surface area contributed by atoms with E-state index in [9.17, 15) is 24.0 Å². The number of rotatable bonds is 12. The number of aryl methyl sites for hydroxylation is 1. The van der Waals surface area contributed by atoms with Gasteiger partial charge < -0.3 is 34.0 Å². The second-order valence-electron chi connectivity index (χ2n) is 22.2. The highest BCUT2D eigenvalue weighted by Crippen LogP contribution is 2.43. The van der Waals surface area contributed by atoms with Gasteiger partial charge in [-0.15, -0.1) is 11.3 Å². The van der Waals surface area contributed by atoms with Crippen LogP contribution in [0.4, 0.5) is 0 Å². The zero-order valence-electron chi connectivity index (χ0n) is 45.1. The lowest BCUT2D eigenvalue weighted by Crippen LogP contribution is -2.66. The number of amides is 4. The van der Waals surface area contributed by atoms with Gasteiger partial charge in [-0.25, -0.2) is 10.4 Å². The first kappa shape index (κ1) is 55.2. The molecule has 17 heteroatoms. The summed E-state index contributed by atoms with van der Waals surface area (Å²) in [5.41, 5.74) is 6.66. The van der Waals surface area contributed by atoms with Gasteiger partial charge in [-0.05, 0) is 116 Å². The van der Waals surface area contributed by atoms with Crippen LogP contribution >= 0.6 is 11.3 Å². The van der Waals surface area contributed by atoms with Gasteiger partial charge in [-0.2, -0.15) is 0 Å². The molecule has 2 N–H and O–H groups in total. The molecule has 0 radical (unpaired) electrons. The number of benzene rings is 1. The number of aldehydes is 1. The highest BCUT2D eigenvalue weighted by Gasteiger charge is 2.54. The van der Waals surface area contributed by atoms with Gasteiger partial charge in [0.15, 0.2) is 0 Å². The Kier molecular flexibility index (Phi) is 16.8. The molecule has 4 aliphatic rings. The van der Waals surface area contributed by atoms with E-state index >= 15 is 0 Å². The summed E-state index contributed by atoms with van der Waals surface area (Å²) in [5, 5.41) is 8.20. The van der Waals surface area contributed by atoms with E-state index in [4.69, 9.17) is 19.5 Å². The molecule has 0 aliphatic carbocycles. The van der Waals surface area contributed by atoms with E-state index in [0.29, 0.717) is 69.9 Å². The quantitative estimate of drug-likeness (QED) is 0.0907. The van der Waals surface area contributed by atoms with Crippen molar-refractivity contribution in [2.24, 2.45) is 21.7 Å². The number of hydrogen-bond acceptors (Lipinski definition) is 12. The summed E-state index contributed by atoms with van der Waals surface area (Å²) in [5.74, 6) is 4.19. The van der Waals surface area contributed by atoms with Gasteiger partial charge in [0.25, 0.3) is 11.8 Å². The molecule has 7 rings (SSSR count). The van der Waals surface area contributed by atoms with Crippen LogP contribution in [0, 0.1) is 28.6 Å². The van der Waals surface area contributed by atoms with Crippen LogP contribution in [0.2, 0.25) is 0 Å². The van der Waals surface area contributed by atoms with E-state index in [1.54, 1.807) is 23.1 Å². The number of fused-ring (bicyclic) bond motifs is 6. The minimum absolute atomic E-state index is 0.0146. The van der Waals surface area contributed by atoms with Crippen molar-refractivity contribution in [2.75, 3.05) is 60.6 Å². The van der Waals surface area contributed by atoms with Crippen LogP contribution in [-0.4, -0.2) is 155 Å². The first-order chi connectivity index (χ1) is 34.6. The number of carbonyl (C=O) groups is 5. The second kappa shape index (κ2) is 22.1. The predicted octanol–water partition coefficient (Wildman–Crippen LogP) is 6.32. The molecule has 73 heavy (non-hydrogen) atoms. The Balaban J connectivity index is 1.25. The fourth-order valence-electron chi connectivity index (χ4n) is 10.8. The first-order valence-corrected chi connectivity index (χ1v) is 26.7. The molecule has 6 heterocycles. The van der Waals surface area contributed by atoms with Crippen molar-refractivity contribution in [1.29, 1.82) is 0 Å². The molecule has 2 aromatic heterocycles. The topological polar surface area (TPSA) is 171 Å². The number of likely N-dealkylation sites (tertiary alicyclic amines) is 2. The molecular formula is C56H77N9O7S. The Bertz CT molecular complexity index is 2740. The lowest BCUT2D eigenvalue weighted by molar-refractivity contribution is -0.149. The normalized spacial score (nSPS) is 24.0. The summed E-state index contributed by atoms with van der Waals surface area (Å²) in [4.78, 5) is 86.1. The van der Waals surface area contributed by atoms with E-state index in [2.05, 4.69) is 72.7 Å². The zero-order valence-corrected chi connectivity index (χ0v) is 46.0. The Hall–Kier alpha value is -5.51. The number of nitrogens with one attached hydrogen (secondary N) is 2. The number of thiazole rings is 1. The number of hydrazine groups is 1. The Morgan fingerprint density at radius 3 is 2.53 bits per heavy atom. The number of carbonyl (C=O) groups excluding carboxylic acids is 5. The van der Waals surface area contributed by atoms with Gasteiger partial charge in [0, 0.05) is 79.9 Å². The van der Waals surface area contributed by atoms with Crippen LogP contribution in [0.15, 0.2) is 46.9 Å². The summed E-state index contributed by atoms with van der Waals surface area (Å²) in [7, 11) is 5.49. The third kappa shape index (κ3) is 11.3. The van der Waals surface area contributed by atoms with Gasteiger partial charge in [0.1, 0.15) is 23.9 Å². The van der Waals surface area contributed by atoms with Crippen LogP contribution in [-0.2, 0) is 52.8 Å². The maximum Gasteiger partial charge on any atom is 0.298 e. The molecule has 4 amide bonds. The predicted molar refractivity (Wildman–Crippen MR) is 287 cm³/mol. The first-order valence-electron chi connectivity index (χ1n) is 25.8. The summed E-state index contributed by atoms with van der Waals surface area (Å²) in [6.07, 6.45) is 6.75. The maximum atomic E-state index is 14.9. The fourth-order valence-corrected chi connectivity index (χ4v) is 11.7. The third-order valence-electron chi connectivity index (χ3n) is 15.4. The standard InChI is InChI=1S/C56H77N9O7S/c1-14-39(47(57-15-2)37(6)71-13)49-41-30-53(7,8)34-72-35-56(33-66)21-17-25-65(60-56)51(69)42(29-45-58-43(31-73-45)38-18-19-44(40(41)28-38)63(49)16-3)59-50(68)48(36(4)5)64-27-24-55(52(64)70)23-26-62(32-55)46(67)20-22-54(9,10)61(11)12/h14-15,18-19,28,31,33,36-37,42,48,60H,1,16-17,21,23-27,29-30,32,34-35H2,2-13H3,(H,59,68)/b47-39+,57-15-/t37-,42-,48-,55+,56-/m0/s1. The number of allylic oxidation sites excluding steroid dienone is 2. The van der Waals surface area contributed by atoms with E-state index in [0.717, 1.165) is 51.0 Å². The van der Waals surface area contributed by atoms with E-state index < -0.39 is 45.8 Å². The summed E-state index contributed by atoms with van der Waals surface area (Å²) in [6.45, 7) is 24.5. The molecule has 4 aliphatic heterocycles. The minimum atomic E-state index is -1.21. The number of nitrogens with zero attached hydrogens (tertiary/aromatic N) is 7. The minimum Gasteiger partial charge on any atom is -0.378 e. The van der Waals surface area contributed by atoms with Crippen molar-refractivity contribution in [2.45, 2.75) is 137 Å². The lowest BCUT2D eigenvalue weighted by Gasteiger charge is -2.42. The fraction of sp³-hybridized carbons (Fsp3) is 0.589. The van der Waals surface area contributed by atoms with Crippen LogP contribution in [0.3, 0.4) is 0 Å². The number of methoxy groups -OCH3 is 1. The molecular weight excluding hydrogens is 943 g/mol. The van der Waals surface area contributed by atoms with Crippen molar-refractivity contribution < 1.29 is 33.4 Å². The Labute approximate surface area is 436 Å². The molecule has 3 fully saturated rings. The van der Waals surface area contributed by atoms with Crippen molar-refractivity contribution in [3.63, 3.8) is 0 Å². The van der Waals surface area contributed by atoms with Crippen LogP contribution in [0.1, 0.15) is 104 Å². The summed E-state index contributed by atoms with van der Waals surface area (Å²) in [6, 6.07) is 4.38.